The van der Waals surface area contributed by atoms with Crippen LogP contribution in [0.5, 0.6) is 0 Å². The molecule has 0 aromatic heterocycles. The first kappa shape index (κ1) is 12.9. The van der Waals surface area contributed by atoms with E-state index in [1.165, 1.54) is 0 Å². The molecular formula is C16H11ClO3. The maximum Gasteiger partial charge on any atom is 0.339 e. The lowest BCUT2D eigenvalue weighted by Gasteiger charge is -2.09. The second-order valence-electron chi connectivity index (χ2n) is 4.62. The third kappa shape index (κ3) is 2.32. The number of ether oxygens (including phenoxy) is 1. The number of hydrogen-bond acceptors (Lipinski definition) is 3. The molecule has 1 heterocycles. The highest BCUT2D eigenvalue weighted by Gasteiger charge is 2.32. The summed E-state index contributed by atoms with van der Waals surface area (Å²) in [6, 6.07) is 13.8. The number of benzene rings is 2. The van der Waals surface area contributed by atoms with E-state index < -0.39 is 6.10 Å². The Morgan fingerprint density at radius 3 is 2.55 bits per heavy atom. The third-order valence-corrected chi connectivity index (χ3v) is 3.57. The van der Waals surface area contributed by atoms with Crippen LogP contribution in [0.1, 0.15) is 38.8 Å². The van der Waals surface area contributed by atoms with Gasteiger partial charge in [-0.3, -0.25) is 4.79 Å². The van der Waals surface area contributed by atoms with Gasteiger partial charge in [0, 0.05) is 16.1 Å². The van der Waals surface area contributed by atoms with Crippen LogP contribution in [0.3, 0.4) is 0 Å². The maximum absolute atomic E-state index is 12.2. The van der Waals surface area contributed by atoms with Crippen molar-refractivity contribution >= 4 is 23.4 Å². The number of Topliss-reactive ketones (excluding diaryl/α,β-unsaturated/α-hetero) is 1. The standard InChI is InChI=1S/C16H11ClO3/c17-11-7-5-10(6-8-11)14(18)9-15-12-3-1-2-4-13(12)16(19)20-15/h1-8,15H,9H2/t15-/m0/s1. The molecule has 4 heteroatoms. The van der Waals surface area contributed by atoms with Crippen LogP contribution in [-0.4, -0.2) is 11.8 Å². The Morgan fingerprint density at radius 2 is 1.80 bits per heavy atom. The molecule has 3 nitrogen and oxygen atoms in total. The summed E-state index contributed by atoms with van der Waals surface area (Å²) in [7, 11) is 0. The average Bonchev–Trinajstić information content (AvgIpc) is 2.77. The molecule has 2 aromatic carbocycles. The number of esters is 1. The van der Waals surface area contributed by atoms with Crippen LogP contribution in [0, 0.1) is 0 Å². The largest absolute Gasteiger partial charge is 0.453 e. The van der Waals surface area contributed by atoms with Crippen LogP contribution in [0.25, 0.3) is 0 Å². The Morgan fingerprint density at radius 1 is 1.10 bits per heavy atom. The van der Waals surface area contributed by atoms with E-state index >= 15 is 0 Å². The van der Waals surface area contributed by atoms with Gasteiger partial charge in [-0.2, -0.15) is 0 Å². The minimum atomic E-state index is -0.498. The van der Waals surface area contributed by atoms with E-state index in [1.54, 1.807) is 36.4 Å². The molecule has 0 saturated carbocycles. The summed E-state index contributed by atoms with van der Waals surface area (Å²) < 4.78 is 5.26. The smallest absolute Gasteiger partial charge is 0.339 e. The number of halogens is 1. The Kier molecular flexibility index (Phi) is 3.28. The van der Waals surface area contributed by atoms with Crippen LogP contribution < -0.4 is 0 Å². The molecule has 1 aliphatic rings. The number of ketones is 1. The fourth-order valence-electron chi connectivity index (χ4n) is 2.29. The van der Waals surface area contributed by atoms with Gasteiger partial charge in [0.25, 0.3) is 0 Å². The van der Waals surface area contributed by atoms with Crippen molar-refractivity contribution < 1.29 is 14.3 Å². The third-order valence-electron chi connectivity index (χ3n) is 3.31. The van der Waals surface area contributed by atoms with Crippen molar-refractivity contribution in [3.05, 3.63) is 70.2 Å². The van der Waals surface area contributed by atoms with Crippen LogP contribution in [-0.2, 0) is 4.74 Å². The van der Waals surface area contributed by atoms with E-state index in [2.05, 4.69) is 0 Å². The van der Waals surface area contributed by atoms with E-state index in [4.69, 9.17) is 16.3 Å². The normalized spacial score (nSPS) is 16.6. The molecule has 20 heavy (non-hydrogen) atoms. The zero-order valence-corrected chi connectivity index (χ0v) is 11.3. The van der Waals surface area contributed by atoms with Gasteiger partial charge in [-0.25, -0.2) is 4.79 Å². The first-order valence-corrected chi connectivity index (χ1v) is 6.61. The quantitative estimate of drug-likeness (QED) is 0.636. The molecule has 100 valence electrons. The number of cyclic esters (lactones) is 1. The fourth-order valence-corrected chi connectivity index (χ4v) is 2.42. The highest BCUT2D eigenvalue weighted by atomic mass is 35.5. The molecular weight excluding hydrogens is 276 g/mol. The van der Waals surface area contributed by atoms with Crippen molar-refractivity contribution in [2.75, 3.05) is 0 Å². The second-order valence-corrected chi connectivity index (χ2v) is 5.05. The van der Waals surface area contributed by atoms with E-state index in [-0.39, 0.29) is 18.2 Å². The maximum atomic E-state index is 12.2. The molecule has 0 aliphatic carbocycles. The molecule has 1 aliphatic heterocycles. The van der Waals surface area contributed by atoms with Crippen molar-refractivity contribution in [2.24, 2.45) is 0 Å². The first-order valence-electron chi connectivity index (χ1n) is 6.24. The molecule has 0 amide bonds. The molecule has 0 N–H and O–H groups in total. The molecule has 3 rings (SSSR count). The van der Waals surface area contributed by atoms with Gasteiger partial charge in [-0.15, -0.1) is 0 Å². The number of hydrogen-bond donors (Lipinski definition) is 0. The molecule has 0 saturated heterocycles. The molecule has 0 fully saturated rings. The molecule has 2 aromatic rings. The van der Waals surface area contributed by atoms with E-state index in [0.717, 1.165) is 5.56 Å². The van der Waals surface area contributed by atoms with Crippen molar-refractivity contribution in [3.8, 4) is 0 Å². The fraction of sp³-hybridized carbons (Fsp3) is 0.125. The lowest BCUT2D eigenvalue weighted by Crippen LogP contribution is -2.07. The minimum absolute atomic E-state index is 0.0730. The van der Waals surface area contributed by atoms with Gasteiger partial charge < -0.3 is 4.74 Å². The number of rotatable bonds is 3. The Labute approximate surface area is 121 Å². The summed E-state index contributed by atoms with van der Waals surface area (Å²) >= 11 is 5.79. The minimum Gasteiger partial charge on any atom is -0.453 e. The highest BCUT2D eigenvalue weighted by Crippen LogP contribution is 2.33. The Hall–Kier alpha value is -2.13. The lowest BCUT2D eigenvalue weighted by atomic mass is 9.99. The van der Waals surface area contributed by atoms with Gasteiger partial charge in [0.1, 0.15) is 6.10 Å². The SMILES string of the molecule is O=C(C[C@@H]1OC(=O)c2ccccc21)c1ccc(Cl)cc1. The summed E-state index contributed by atoms with van der Waals surface area (Å²) in [5.74, 6) is -0.439. The lowest BCUT2D eigenvalue weighted by molar-refractivity contribution is 0.0367. The second kappa shape index (κ2) is 5.10. The zero-order chi connectivity index (χ0) is 14.1. The van der Waals surface area contributed by atoms with E-state index in [9.17, 15) is 9.59 Å². The Balaban J connectivity index is 1.81. The summed E-state index contributed by atoms with van der Waals surface area (Å²) in [5, 5.41) is 0.583. The van der Waals surface area contributed by atoms with Crippen LogP contribution >= 0.6 is 11.6 Å². The monoisotopic (exact) mass is 286 g/mol. The molecule has 0 radical (unpaired) electrons. The molecule has 0 bridgehead atoms. The van der Waals surface area contributed by atoms with Gasteiger partial charge in [-0.1, -0.05) is 29.8 Å². The van der Waals surface area contributed by atoms with Gasteiger partial charge in [-0.05, 0) is 30.3 Å². The van der Waals surface area contributed by atoms with Crippen molar-refractivity contribution in [1.29, 1.82) is 0 Å². The van der Waals surface area contributed by atoms with Crippen LogP contribution in [0.15, 0.2) is 48.5 Å². The summed E-state index contributed by atoms with van der Waals surface area (Å²) in [6.07, 6.45) is -0.355. The van der Waals surface area contributed by atoms with Crippen LogP contribution in [0.2, 0.25) is 5.02 Å². The molecule has 0 unspecified atom stereocenters. The predicted octanol–water partition coefficient (Wildman–Crippen LogP) is 3.82. The van der Waals surface area contributed by atoms with Crippen LogP contribution in [0.4, 0.5) is 0 Å². The van der Waals surface area contributed by atoms with E-state index in [0.29, 0.717) is 16.1 Å². The summed E-state index contributed by atoms with van der Waals surface area (Å²) in [6.45, 7) is 0. The Bertz CT molecular complexity index is 676. The zero-order valence-electron chi connectivity index (χ0n) is 10.5. The average molecular weight is 287 g/mol. The predicted molar refractivity (Wildman–Crippen MR) is 75.0 cm³/mol. The van der Waals surface area contributed by atoms with Gasteiger partial charge >= 0.3 is 5.97 Å². The van der Waals surface area contributed by atoms with Gasteiger partial charge in [0.2, 0.25) is 0 Å². The van der Waals surface area contributed by atoms with Gasteiger partial charge in [0.15, 0.2) is 5.78 Å². The topological polar surface area (TPSA) is 43.4 Å². The number of carbonyl (C=O) groups excluding carboxylic acids is 2. The number of carbonyl (C=O) groups is 2. The first-order chi connectivity index (χ1) is 9.65. The highest BCUT2D eigenvalue weighted by molar-refractivity contribution is 6.30. The summed E-state index contributed by atoms with van der Waals surface area (Å²) in [5.41, 5.74) is 1.89. The molecule has 0 spiro atoms. The number of fused-ring (bicyclic) bond motifs is 1. The van der Waals surface area contributed by atoms with Crippen molar-refractivity contribution in [2.45, 2.75) is 12.5 Å². The van der Waals surface area contributed by atoms with E-state index in [1.807, 2.05) is 12.1 Å². The van der Waals surface area contributed by atoms with Crippen molar-refractivity contribution in [3.63, 3.8) is 0 Å². The molecule has 1 atom stereocenters. The van der Waals surface area contributed by atoms with Gasteiger partial charge in [0.05, 0.1) is 12.0 Å². The van der Waals surface area contributed by atoms with Crippen molar-refractivity contribution in [1.82, 2.24) is 0 Å². The summed E-state index contributed by atoms with van der Waals surface area (Å²) in [4.78, 5) is 23.9.